The highest BCUT2D eigenvalue weighted by molar-refractivity contribution is 6.32. The minimum absolute atomic E-state index is 0.0541. The molecule has 0 aliphatic heterocycles. The van der Waals surface area contributed by atoms with Gasteiger partial charge in [-0.3, -0.25) is 0 Å². The maximum atomic E-state index is 9.36. The van der Waals surface area contributed by atoms with E-state index in [0.29, 0.717) is 10.9 Å². The molecule has 0 radical (unpaired) electrons. The second-order valence-corrected chi connectivity index (χ2v) is 5.04. The van der Waals surface area contributed by atoms with Gasteiger partial charge in [0, 0.05) is 6.04 Å². The van der Waals surface area contributed by atoms with Crippen LogP contribution in [0.4, 0.5) is 0 Å². The Hall–Kier alpha value is -0.730. The first-order valence-electron chi connectivity index (χ1n) is 5.92. The lowest BCUT2D eigenvalue weighted by Gasteiger charge is -2.27. The number of phenols is 1. The topological polar surface area (TPSA) is 46.2 Å². The van der Waals surface area contributed by atoms with Crippen molar-refractivity contribution in [2.45, 2.75) is 38.1 Å². The maximum absolute atomic E-state index is 9.36. The summed E-state index contributed by atoms with van der Waals surface area (Å²) >= 11 is 5.89. The van der Waals surface area contributed by atoms with E-state index in [9.17, 15) is 5.11 Å². The Kier molecular flexibility index (Phi) is 3.72. The molecule has 0 heterocycles. The first kappa shape index (κ1) is 11.7. The van der Waals surface area contributed by atoms with Gasteiger partial charge in [0.2, 0.25) is 0 Å². The monoisotopic (exact) mass is 239 g/mol. The number of phenolic OH excluding ortho intramolecular Hbond substituents is 1. The van der Waals surface area contributed by atoms with Crippen LogP contribution in [0, 0.1) is 5.92 Å². The summed E-state index contributed by atoms with van der Waals surface area (Å²) < 4.78 is 0. The van der Waals surface area contributed by atoms with E-state index in [1.54, 1.807) is 12.1 Å². The highest BCUT2D eigenvalue weighted by atomic mass is 35.5. The number of hydrogen-bond donors (Lipinski definition) is 2. The third-order valence-electron chi connectivity index (χ3n) is 3.51. The Labute approximate surface area is 101 Å². The lowest BCUT2D eigenvalue weighted by molar-refractivity contribution is 0.308. The molecule has 1 aromatic rings. The number of nitrogens with two attached hydrogens (primary N) is 1. The standard InChI is InChI=1S/C13H18ClNO/c14-11-8-10(6-7-12(11)16)13(15)9-4-2-1-3-5-9/h6-9,13,16H,1-5,15H2/t13-/m0/s1. The van der Waals surface area contributed by atoms with Crippen LogP contribution in [0.15, 0.2) is 18.2 Å². The molecule has 2 nitrogen and oxygen atoms in total. The first-order chi connectivity index (χ1) is 7.68. The molecule has 1 aromatic carbocycles. The van der Waals surface area contributed by atoms with E-state index < -0.39 is 0 Å². The lowest BCUT2D eigenvalue weighted by atomic mass is 9.81. The van der Waals surface area contributed by atoms with Gasteiger partial charge in [0.25, 0.3) is 0 Å². The van der Waals surface area contributed by atoms with Crippen LogP contribution in [0.5, 0.6) is 5.75 Å². The molecule has 3 heteroatoms. The molecule has 88 valence electrons. The molecule has 0 unspecified atom stereocenters. The van der Waals surface area contributed by atoms with Crippen molar-refractivity contribution in [3.63, 3.8) is 0 Å². The Bertz CT molecular complexity index is 361. The summed E-state index contributed by atoms with van der Waals surface area (Å²) in [6.07, 6.45) is 6.31. The van der Waals surface area contributed by atoms with E-state index in [-0.39, 0.29) is 11.8 Å². The summed E-state index contributed by atoms with van der Waals surface area (Å²) in [5.74, 6) is 0.690. The van der Waals surface area contributed by atoms with Gasteiger partial charge in [0.1, 0.15) is 5.75 Å². The van der Waals surface area contributed by atoms with E-state index in [0.717, 1.165) is 5.56 Å². The summed E-state index contributed by atoms with van der Waals surface area (Å²) in [7, 11) is 0. The van der Waals surface area contributed by atoms with Gasteiger partial charge in [0.15, 0.2) is 0 Å². The molecule has 1 aliphatic carbocycles. The molecule has 0 amide bonds. The first-order valence-corrected chi connectivity index (χ1v) is 6.30. The molecule has 0 spiro atoms. The third-order valence-corrected chi connectivity index (χ3v) is 3.82. The van der Waals surface area contributed by atoms with Crippen molar-refractivity contribution in [3.05, 3.63) is 28.8 Å². The van der Waals surface area contributed by atoms with Gasteiger partial charge in [-0.05, 0) is 36.5 Å². The molecule has 16 heavy (non-hydrogen) atoms. The SMILES string of the molecule is N[C@H](c1ccc(O)c(Cl)c1)C1CCCCC1. The molecule has 3 N–H and O–H groups in total. The number of hydrogen-bond acceptors (Lipinski definition) is 2. The predicted octanol–water partition coefficient (Wildman–Crippen LogP) is 3.63. The molecular weight excluding hydrogens is 222 g/mol. The van der Waals surface area contributed by atoms with E-state index in [4.69, 9.17) is 17.3 Å². The molecule has 0 aromatic heterocycles. The largest absolute Gasteiger partial charge is 0.506 e. The normalized spacial score (nSPS) is 19.6. The molecule has 1 aliphatic rings. The van der Waals surface area contributed by atoms with E-state index >= 15 is 0 Å². The van der Waals surface area contributed by atoms with Gasteiger partial charge in [-0.2, -0.15) is 0 Å². The Morgan fingerprint density at radius 3 is 2.56 bits per heavy atom. The van der Waals surface area contributed by atoms with Crippen LogP contribution in [0.25, 0.3) is 0 Å². The fourth-order valence-electron chi connectivity index (χ4n) is 2.50. The zero-order chi connectivity index (χ0) is 11.5. The lowest BCUT2D eigenvalue weighted by Crippen LogP contribution is -2.23. The van der Waals surface area contributed by atoms with Crippen molar-refractivity contribution in [1.29, 1.82) is 0 Å². The van der Waals surface area contributed by atoms with Crippen molar-refractivity contribution in [2.24, 2.45) is 11.7 Å². The fraction of sp³-hybridized carbons (Fsp3) is 0.538. The summed E-state index contributed by atoms with van der Waals surface area (Å²) in [6.45, 7) is 0. The fourth-order valence-corrected chi connectivity index (χ4v) is 2.68. The average molecular weight is 240 g/mol. The van der Waals surface area contributed by atoms with Crippen molar-refractivity contribution >= 4 is 11.6 Å². The Balaban J connectivity index is 2.12. The van der Waals surface area contributed by atoms with Gasteiger partial charge >= 0.3 is 0 Å². The molecule has 1 atom stereocenters. The van der Waals surface area contributed by atoms with Crippen LogP contribution in [-0.2, 0) is 0 Å². The Morgan fingerprint density at radius 2 is 1.94 bits per heavy atom. The number of aromatic hydroxyl groups is 1. The highest BCUT2D eigenvalue weighted by Crippen LogP contribution is 2.35. The van der Waals surface area contributed by atoms with Crippen molar-refractivity contribution in [3.8, 4) is 5.75 Å². The third kappa shape index (κ3) is 2.50. The summed E-state index contributed by atoms with van der Waals surface area (Å²) in [6, 6.07) is 5.34. The van der Waals surface area contributed by atoms with Crippen LogP contribution in [-0.4, -0.2) is 5.11 Å². The number of rotatable bonds is 2. The smallest absolute Gasteiger partial charge is 0.134 e. The van der Waals surface area contributed by atoms with Gasteiger partial charge < -0.3 is 10.8 Å². The van der Waals surface area contributed by atoms with Crippen LogP contribution < -0.4 is 5.73 Å². The zero-order valence-electron chi connectivity index (χ0n) is 9.32. The maximum Gasteiger partial charge on any atom is 0.134 e. The summed E-state index contributed by atoms with van der Waals surface area (Å²) in [5.41, 5.74) is 7.29. The van der Waals surface area contributed by atoms with Crippen molar-refractivity contribution in [1.82, 2.24) is 0 Å². The number of halogens is 1. The molecule has 1 fully saturated rings. The average Bonchev–Trinajstić information content (AvgIpc) is 2.33. The number of benzene rings is 1. The van der Waals surface area contributed by atoms with Gasteiger partial charge in [0.05, 0.1) is 5.02 Å². The summed E-state index contributed by atoms with van der Waals surface area (Å²) in [5, 5.41) is 9.76. The van der Waals surface area contributed by atoms with Crippen LogP contribution in [0.2, 0.25) is 5.02 Å². The van der Waals surface area contributed by atoms with Crippen LogP contribution in [0.3, 0.4) is 0 Å². The minimum Gasteiger partial charge on any atom is -0.506 e. The molecule has 1 saturated carbocycles. The summed E-state index contributed by atoms with van der Waals surface area (Å²) in [4.78, 5) is 0. The minimum atomic E-state index is 0.0541. The predicted molar refractivity (Wildman–Crippen MR) is 66.6 cm³/mol. The van der Waals surface area contributed by atoms with Crippen molar-refractivity contribution < 1.29 is 5.11 Å². The second kappa shape index (κ2) is 5.07. The van der Waals surface area contributed by atoms with Crippen LogP contribution in [0.1, 0.15) is 43.7 Å². The zero-order valence-corrected chi connectivity index (χ0v) is 10.1. The quantitative estimate of drug-likeness (QED) is 0.828. The van der Waals surface area contributed by atoms with Gasteiger partial charge in [-0.1, -0.05) is 36.9 Å². The van der Waals surface area contributed by atoms with Crippen LogP contribution >= 0.6 is 11.6 Å². The Morgan fingerprint density at radius 1 is 1.25 bits per heavy atom. The molecule has 0 saturated heterocycles. The molecular formula is C13H18ClNO. The molecule has 0 bridgehead atoms. The van der Waals surface area contributed by atoms with E-state index in [1.165, 1.54) is 32.1 Å². The van der Waals surface area contributed by atoms with Crippen molar-refractivity contribution in [2.75, 3.05) is 0 Å². The van der Waals surface area contributed by atoms with E-state index in [2.05, 4.69) is 0 Å². The highest BCUT2D eigenvalue weighted by Gasteiger charge is 2.22. The van der Waals surface area contributed by atoms with Gasteiger partial charge in [-0.15, -0.1) is 0 Å². The second-order valence-electron chi connectivity index (χ2n) is 4.63. The van der Waals surface area contributed by atoms with E-state index in [1.807, 2.05) is 6.07 Å². The van der Waals surface area contributed by atoms with Gasteiger partial charge in [-0.25, -0.2) is 0 Å². The molecule has 2 rings (SSSR count).